The quantitative estimate of drug-likeness (QED) is 0.792. The number of carbonyl (C=O) groups is 1. The van der Waals surface area contributed by atoms with Gasteiger partial charge in [-0.2, -0.15) is 0 Å². The lowest BCUT2D eigenvalue weighted by molar-refractivity contribution is -0.126. The number of hydrogen-bond acceptors (Lipinski definition) is 3. The molecule has 2 aliphatic heterocycles. The average molecular weight is 296 g/mol. The Hall–Kier alpha value is -0.610. The fourth-order valence-corrected chi connectivity index (χ4v) is 3.70. The minimum atomic E-state index is -0.00869. The SMILES string of the molecule is CCC1(CC)CC(NC(=O)CCC2CCNCC2)CCO1. The third kappa shape index (κ3) is 4.96. The van der Waals surface area contributed by atoms with Crippen LogP contribution >= 0.6 is 0 Å². The van der Waals surface area contributed by atoms with Gasteiger partial charge in [0.2, 0.25) is 5.91 Å². The van der Waals surface area contributed by atoms with E-state index < -0.39 is 0 Å². The second-order valence-electron chi connectivity index (χ2n) is 6.73. The Labute approximate surface area is 129 Å². The summed E-state index contributed by atoms with van der Waals surface area (Å²) in [5.74, 6) is 0.971. The Bertz CT molecular complexity index is 323. The highest BCUT2D eigenvalue weighted by Crippen LogP contribution is 2.31. The average Bonchev–Trinajstić information content (AvgIpc) is 2.54. The van der Waals surface area contributed by atoms with Crippen LogP contribution in [0.5, 0.6) is 0 Å². The van der Waals surface area contributed by atoms with Crippen LogP contribution in [0.3, 0.4) is 0 Å². The molecule has 2 rings (SSSR count). The van der Waals surface area contributed by atoms with Gasteiger partial charge in [0.25, 0.3) is 0 Å². The predicted octanol–water partition coefficient (Wildman–Crippen LogP) is 2.62. The fourth-order valence-electron chi connectivity index (χ4n) is 3.70. The van der Waals surface area contributed by atoms with Crippen LogP contribution in [-0.2, 0) is 9.53 Å². The number of amides is 1. The van der Waals surface area contributed by atoms with Crippen LogP contribution in [0.25, 0.3) is 0 Å². The maximum absolute atomic E-state index is 12.2. The molecule has 2 heterocycles. The van der Waals surface area contributed by atoms with Crippen molar-refractivity contribution >= 4 is 5.91 Å². The van der Waals surface area contributed by atoms with Crippen LogP contribution < -0.4 is 10.6 Å². The first kappa shape index (κ1) is 16.8. The first-order chi connectivity index (χ1) is 10.2. The molecule has 0 radical (unpaired) electrons. The molecule has 0 aromatic rings. The number of rotatable bonds is 6. The first-order valence-corrected chi connectivity index (χ1v) is 8.81. The van der Waals surface area contributed by atoms with Crippen LogP contribution in [0, 0.1) is 5.92 Å². The van der Waals surface area contributed by atoms with Crippen LogP contribution in [0.4, 0.5) is 0 Å². The van der Waals surface area contributed by atoms with Crippen LogP contribution in [0.1, 0.15) is 65.2 Å². The summed E-state index contributed by atoms with van der Waals surface area (Å²) >= 11 is 0. The van der Waals surface area contributed by atoms with Crippen molar-refractivity contribution in [3.05, 3.63) is 0 Å². The molecule has 122 valence electrons. The van der Waals surface area contributed by atoms with Crippen molar-refractivity contribution in [2.45, 2.75) is 76.9 Å². The van der Waals surface area contributed by atoms with Gasteiger partial charge in [-0.1, -0.05) is 13.8 Å². The molecule has 4 nitrogen and oxygen atoms in total. The first-order valence-electron chi connectivity index (χ1n) is 8.81. The molecule has 2 fully saturated rings. The summed E-state index contributed by atoms with van der Waals surface area (Å²) in [6.07, 6.45) is 8.17. The lowest BCUT2D eigenvalue weighted by atomic mass is 9.85. The monoisotopic (exact) mass is 296 g/mol. The molecule has 1 amide bonds. The largest absolute Gasteiger partial charge is 0.375 e. The lowest BCUT2D eigenvalue weighted by Crippen LogP contribution is -2.48. The fraction of sp³-hybridized carbons (Fsp3) is 0.941. The molecule has 4 heteroatoms. The molecule has 0 spiro atoms. The molecule has 2 aliphatic rings. The molecule has 2 N–H and O–H groups in total. The highest BCUT2D eigenvalue weighted by Gasteiger charge is 2.34. The van der Waals surface area contributed by atoms with Gasteiger partial charge in [-0.25, -0.2) is 0 Å². The second kappa shape index (κ2) is 8.14. The molecule has 1 unspecified atom stereocenters. The van der Waals surface area contributed by atoms with Gasteiger partial charge < -0.3 is 15.4 Å². The summed E-state index contributed by atoms with van der Waals surface area (Å²) in [5.41, 5.74) is -0.00869. The van der Waals surface area contributed by atoms with Gasteiger partial charge in [-0.15, -0.1) is 0 Å². The highest BCUT2D eigenvalue weighted by molar-refractivity contribution is 5.76. The second-order valence-corrected chi connectivity index (χ2v) is 6.73. The molecule has 0 aromatic carbocycles. The third-order valence-corrected chi connectivity index (χ3v) is 5.39. The molecule has 0 aliphatic carbocycles. The molecular weight excluding hydrogens is 264 g/mol. The minimum Gasteiger partial charge on any atom is -0.375 e. The Morgan fingerprint density at radius 2 is 1.95 bits per heavy atom. The van der Waals surface area contributed by atoms with E-state index in [4.69, 9.17) is 4.74 Å². The van der Waals surface area contributed by atoms with E-state index in [-0.39, 0.29) is 11.5 Å². The Kier molecular flexibility index (Phi) is 6.49. The molecule has 0 aromatic heterocycles. The molecule has 2 saturated heterocycles. The summed E-state index contributed by atoms with van der Waals surface area (Å²) in [6, 6.07) is 0.305. The topological polar surface area (TPSA) is 50.4 Å². The number of carbonyl (C=O) groups excluding carboxylic acids is 1. The standard InChI is InChI=1S/C17H32N2O2/c1-3-17(4-2)13-15(9-12-21-17)19-16(20)6-5-14-7-10-18-11-8-14/h14-15,18H,3-13H2,1-2H3,(H,19,20). The Morgan fingerprint density at radius 3 is 2.62 bits per heavy atom. The van der Waals surface area contributed by atoms with Gasteiger partial charge in [0.1, 0.15) is 0 Å². The van der Waals surface area contributed by atoms with Crippen molar-refractivity contribution in [2.75, 3.05) is 19.7 Å². The smallest absolute Gasteiger partial charge is 0.220 e. The number of piperidine rings is 1. The van der Waals surface area contributed by atoms with E-state index in [1.165, 1.54) is 12.8 Å². The summed E-state index contributed by atoms with van der Waals surface area (Å²) < 4.78 is 5.97. The zero-order chi connectivity index (χ0) is 15.1. The van der Waals surface area contributed by atoms with Crippen molar-refractivity contribution in [1.82, 2.24) is 10.6 Å². The summed E-state index contributed by atoms with van der Waals surface area (Å²) in [6.45, 7) is 7.38. The van der Waals surface area contributed by atoms with Gasteiger partial charge in [0.15, 0.2) is 0 Å². The van der Waals surface area contributed by atoms with Gasteiger partial charge in [-0.3, -0.25) is 4.79 Å². The van der Waals surface area contributed by atoms with Crippen molar-refractivity contribution in [3.8, 4) is 0 Å². The molecule has 1 atom stereocenters. The minimum absolute atomic E-state index is 0.00869. The van der Waals surface area contributed by atoms with Crippen molar-refractivity contribution in [3.63, 3.8) is 0 Å². The van der Waals surface area contributed by atoms with E-state index in [0.717, 1.165) is 57.7 Å². The lowest BCUT2D eigenvalue weighted by Gasteiger charge is -2.40. The zero-order valence-electron chi connectivity index (χ0n) is 13.7. The van der Waals surface area contributed by atoms with E-state index in [2.05, 4.69) is 24.5 Å². The van der Waals surface area contributed by atoms with Crippen LogP contribution in [-0.4, -0.2) is 37.2 Å². The van der Waals surface area contributed by atoms with Gasteiger partial charge in [0.05, 0.1) is 5.60 Å². The van der Waals surface area contributed by atoms with E-state index in [1.54, 1.807) is 0 Å². The summed E-state index contributed by atoms with van der Waals surface area (Å²) in [5, 5.41) is 6.62. The summed E-state index contributed by atoms with van der Waals surface area (Å²) in [7, 11) is 0. The molecular formula is C17H32N2O2. The van der Waals surface area contributed by atoms with E-state index in [1.807, 2.05) is 0 Å². The van der Waals surface area contributed by atoms with Crippen molar-refractivity contribution in [2.24, 2.45) is 5.92 Å². The Morgan fingerprint density at radius 1 is 1.24 bits per heavy atom. The summed E-state index contributed by atoms with van der Waals surface area (Å²) in [4.78, 5) is 12.2. The zero-order valence-corrected chi connectivity index (χ0v) is 13.7. The number of ether oxygens (including phenoxy) is 1. The normalized spacial score (nSPS) is 26.5. The van der Waals surface area contributed by atoms with Crippen molar-refractivity contribution in [1.29, 1.82) is 0 Å². The van der Waals surface area contributed by atoms with E-state index in [0.29, 0.717) is 12.5 Å². The van der Waals surface area contributed by atoms with Crippen LogP contribution in [0.2, 0.25) is 0 Å². The van der Waals surface area contributed by atoms with E-state index >= 15 is 0 Å². The third-order valence-electron chi connectivity index (χ3n) is 5.39. The van der Waals surface area contributed by atoms with Gasteiger partial charge in [-0.05, 0) is 64.0 Å². The van der Waals surface area contributed by atoms with Gasteiger partial charge in [0, 0.05) is 19.1 Å². The number of nitrogens with one attached hydrogen (secondary N) is 2. The highest BCUT2D eigenvalue weighted by atomic mass is 16.5. The van der Waals surface area contributed by atoms with Crippen LogP contribution in [0.15, 0.2) is 0 Å². The molecule has 21 heavy (non-hydrogen) atoms. The molecule has 0 bridgehead atoms. The predicted molar refractivity (Wildman–Crippen MR) is 85.3 cm³/mol. The maximum atomic E-state index is 12.2. The number of hydrogen-bond donors (Lipinski definition) is 2. The molecule has 0 saturated carbocycles. The van der Waals surface area contributed by atoms with Crippen molar-refractivity contribution < 1.29 is 9.53 Å². The van der Waals surface area contributed by atoms with Gasteiger partial charge >= 0.3 is 0 Å². The van der Waals surface area contributed by atoms with E-state index in [9.17, 15) is 4.79 Å². The Balaban J connectivity index is 1.71. The maximum Gasteiger partial charge on any atom is 0.220 e.